The lowest BCUT2D eigenvalue weighted by molar-refractivity contribution is -0.385. The molecule has 0 spiro atoms. The van der Waals surface area contributed by atoms with E-state index in [-0.39, 0.29) is 12.1 Å². The molecule has 0 aliphatic carbocycles. The third kappa shape index (κ3) is 5.63. The Balaban J connectivity index is 1.59. The molecule has 0 saturated carbocycles. The van der Waals surface area contributed by atoms with Gasteiger partial charge in [0.15, 0.2) is 0 Å². The number of rotatable bonds is 8. The summed E-state index contributed by atoms with van der Waals surface area (Å²) in [7, 11) is 0. The van der Waals surface area contributed by atoms with Crippen LogP contribution in [-0.4, -0.2) is 29.6 Å². The zero-order chi connectivity index (χ0) is 22.2. The van der Waals surface area contributed by atoms with Crippen molar-refractivity contribution in [3.05, 3.63) is 87.7 Å². The van der Waals surface area contributed by atoms with Crippen LogP contribution in [0, 0.1) is 10.1 Å². The van der Waals surface area contributed by atoms with Crippen LogP contribution >= 0.6 is 0 Å². The second kappa shape index (κ2) is 9.97. The molecular weight excluding hydrogens is 402 g/mol. The van der Waals surface area contributed by atoms with Gasteiger partial charge in [-0.05, 0) is 31.2 Å². The van der Waals surface area contributed by atoms with Crippen molar-refractivity contribution in [2.24, 2.45) is 5.10 Å². The Kier molecular flexibility index (Phi) is 6.89. The van der Waals surface area contributed by atoms with E-state index in [0.29, 0.717) is 29.3 Å². The minimum absolute atomic E-state index is 0.119. The lowest BCUT2D eigenvalue weighted by Gasteiger charge is -2.02. The number of hydrogen-bond donors (Lipinski definition) is 1. The van der Waals surface area contributed by atoms with E-state index in [0.717, 1.165) is 5.56 Å². The highest BCUT2D eigenvalue weighted by Crippen LogP contribution is 2.22. The molecule has 158 valence electrons. The maximum atomic E-state index is 12.0. The number of carbonyl (C=O) groups excluding carboxylic acids is 2. The van der Waals surface area contributed by atoms with Crippen molar-refractivity contribution in [1.82, 2.24) is 5.43 Å². The summed E-state index contributed by atoms with van der Waals surface area (Å²) in [6, 6.07) is 16.2. The molecule has 3 aromatic rings. The molecule has 0 fully saturated rings. The van der Waals surface area contributed by atoms with Crippen LogP contribution in [-0.2, 0) is 16.0 Å². The normalized spacial score (nSPS) is 10.7. The van der Waals surface area contributed by atoms with Crippen LogP contribution in [0.3, 0.4) is 0 Å². The predicted octanol–water partition coefficient (Wildman–Crippen LogP) is 3.72. The Morgan fingerprint density at radius 3 is 2.58 bits per heavy atom. The number of nitrogens with one attached hydrogen (secondary N) is 1. The Morgan fingerprint density at radius 2 is 1.87 bits per heavy atom. The summed E-state index contributed by atoms with van der Waals surface area (Å²) in [6.07, 6.45) is 1.15. The molecule has 1 amide bonds. The fourth-order valence-electron chi connectivity index (χ4n) is 2.78. The molecule has 0 aliphatic rings. The van der Waals surface area contributed by atoms with E-state index in [1.54, 1.807) is 49.4 Å². The lowest BCUT2D eigenvalue weighted by Crippen LogP contribution is -2.20. The molecule has 0 atom stereocenters. The maximum Gasteiger partial charge on any atom is 0.338 e. The predicted molar refractivity (Wildman–Crippen MR) is 113 cm³/mol. The monoisotopic (exact) mass is 421 g/mol. The van der Waals surface area contributed by atoms with Crippen molar-refractivity contribution in [3.63, 3.8) is 0 Å². The van der Waals surface area contributed by atoms with Gasteiger partial charge in [-0.1, -0.05) is 30.3 Å². The van der Waals surface area contributed by atoms with E-state index >= 15 is 0 Å². The van der Waals surface area contributed by atoms with E-state index < -0.39 is 16.8 Å². The largest absolute Gasteiger partial charge is 0.462 e. The van der Waals surface area contributed by atoms with Crippen LogP contribution in [0.5, 0.6) is 0 Å². The highest BCUT2D eigenvalue weighted by Gasteiger charge is 2.15. The number of para-hydroxylation sites is 1. The van der Waals surface area contributed by atoms with E-state index in [1.807, 2.05) is 0 Å². The van der Waals surface area contributed by atoms with Gasteiger partial charge >= 0.3 is 5.97 Å². The van der Waals surface area contributed by atoms with E-state index in [2.05, 4.69) is 10.5 Å². The Bertz CT molecular complexity index is 1120. The molecular formula is C22H19N3O6. The molecule has 0 bridgehead atoms. The summed E-state index contributed by atoms with van der Waals surface area (Å²) in [4.78, 5) is 34.2. The van der Waals surface area contributed by atoms with Gasteiger partial charge in [-0.3, -0.25) is 14.9 Å². The van der Waals surface area contributed by atoms with Crippen molar-refractivity contribution >= 4 is 23.8 Å². The van der Waals surface area contributed by atoms with Crippen LogP contribution in [0.1, 0.15) is 28.6 Å². The number of hydrazone groups is 1. The van der Waals surface area contributed by atoms with Crippen molar-refractivity contribution in [3.8, 4) is 11.3 Å². The Morgan fingerprint density at radius 1 is 1.13 bits per heavy atom. The fourth-order valence-corrected chi connectivity index (χ4v) is 2.78. The SMILES string of the molecule is CCOC(=O)c1ccc(-c2ccc(C=NNC(=O)Cc3ccccc3[N+](=O)[O-])o2)cc1. The standard InChI is InChI=1S/C22H19N3O6/c1-2-30-22(27)16-9-7-15(8-10-16)20-12-11-18(31-20)14-23-24-21(26)13-17-5-3-4-6-19(17)25(28)29/h3-12,14H,2,13H2,1H3,(H,24,26). The van der Waals surface area contributed by atoms with Crippen LogP contribution < -0.4 is 5.43 Å². The fraction of sp³-hybridized carbons (Fsp3) is 0.136. The minimum atomic E-state index is -0.532. The van der Waals surface area contributed by atoms with Gasteiger partial charge in [0, 0.05) is 17.2 Å². The molecule has 3 rings (SSSR count). The first kappa shape index (κ1) is 21.4. The maximum absolute atomic E-state index is 12.0. The molecule has 9 heteroatoms. The van der Waals surface area contributed by atoms with Gasteiger partial charge in [0.2, 0.25) is 5.91 Å². The van der Waals surface area contributed by atoms with Gasteiger partial charge in [0.25, 0.3) is 5.69 Å². The molecule has 0 radical (unpaired) electrons. The average molecular weight is 421 g/mol. The number of hydrogen-bond acceptors (Lipinski definition) is 7. The topological polar surface area (TPSA) is 124 Å². The molecule has 2 aromatic carbocycles. The zero-order valence-corrected chi connectivity index (χ0v) is 16.6. The minimum Gasteiger partial charge on any atom is -0.462 e. The van der Waals surface area contributed by atoms with Gasteiger partial charge < -0.3 is 9.15 Å². The molecule has 0 saturated heterocycles. The first-order chi connectivity index (χ1) is 15.0. The Hall–Kier alpha value is -4.27. The number of nitro groups is 1. The summed E-state index contributed by atoms with van der Waals surface area (Å²) < 4.78 is 10.6. The summed E-state index contributed by atoms with van der Waals surface area (Å²) in [5.41, 5.74) is 3.70. The van der Waals surface area contributed by atoms with Crippen LogP contribution in [0.25, 0.3) is 11.3 Å². The first-order valence-corrected chi connectivity index (χ1v) is 9.39. The lowest BCUT2D eigenvalue weighted by atomic mass is 10.1. The summed E-state index contributed by atoms with van der Waals surface area (Å²) in [5, 5.41) is 14.8. The van der Waals surface area contributed by atoms with Crippen molar-refractivity contribution in [1.29, 1.82) is 0 Å². The van der Waals surface area contributed by atoms with Crippen LogP contribution in [0.2, 0.25) is 0 Å². The molecule has 0 unspecified atom stereocenters. The molecule has 1 N–H and O–H groups in total. The van der Waals surface area contributed by atoms with E-state index in [1.165, 1.54) is 24.4 Å². The second-order valence-electron chi connectivity index (χ2n) is 6.36. The quantitative estimate of drug-likeness (QED) is 0.256. The molecule has 31 heavy (non-hydrogen) atoms. The number of ether oxygens (including phenoxy) is 1. The number of benzene rings is 2. The summed E-state index contributed by atoms with van der Waals surface area (Å²) in [6.45, 7) is 2.05. The molecule has 0 aliphatic heterocycles. The third-order valence-electron chi connectivity index (χ3n) is 4.23. The zero-order valence-electron chi connectivity index (χ0n) is 16.6. The van der Waals surface area contributed by atoms with Crippen molar-refractivity contribution in [2.45, 2.75) is 13.3 Å². The second-order valence-corrected chi connectivity index (χ2v) is 6.36. The van der Waals surface area contributed by atoms with Crippen LogP contribution in [0.4, 0.5) is 5.69 Å². The molecule has 1 aromatic heterocycles. The van der Waals surface area contributed by atoms with Gasteiger partial charge in [-0.15, -0.1) is 0 Å². The van der Waals surface area contributed by atoms with Crippen molar-refractivity contribution < 1.29 is 23.7 Å². The third-order valence-corrected chi connectivity index (χ3v) is 4.23. The number of nitrogens with zero attached hydrogens (tertiary/aromatic N) is 2. The number of nitro benzene ring substituents is 1. The average Bonchev–Trinajstić information content (AvgIpc) is 3.23. The Labute approximate surface area is 177 Å². The number of amides is 1. The highest BCUT2D eigenvalue weighted by atomic mass is 16.6. The molecule has 9 nitrogen and oxygen atoms in total. The number of carbonyl (C=O) groups is 2. The highest BCUT2D eigenvalue weighted by molar-refractivity contribution is 5.90. The van der Waals surface area contributed by atoms with Crippen molar-refractivity contribution in [2.75, 3.05) is 6.61 Å². The van der Waals surface area contributed by atoms with E-state index in [4.69, 9.17) is 9.15 Å². The van der Waals surface area contributed by atoms with Gasteiger partial charge in [-0.25, -0.2) is 10.2 Å². The first-order valence-electron chi connectivity index (χ1n) is 9.39. The molecule has 1 heterocycles. The smallest absolute Gasteiger partial charge is 0.338 e. The van der Waals surface area contributed by atoms with Crippen LogP contribution in [0.15, 0.2) is 70.2 Å². The number of furan rings is 1. The van der Waals surface area contributed by atoms with Gasteiger partial charge in [0.1, 0.15) is 11.5 Å². The van der Waals surface area contributed by atoms with E-state index in [9.17, 15) is 19.7 Å². The van der Waals surface area contributed by atoms with Gasteiger partial charge in [-0.2, -0.15) is 5.10 Å². The summed E-state index contributed by atoms with van der Waals surface area (Å²) >= 11 is 0. The number of esters is 1. The van der Waals surface area contributed by atoms with Gasteiger partial charge in [0.05, 0.1) is 29.7 Å². The summed E-state index contributed by atoms with van der Waals surface area (Å²) in [5.74, 6) is 0.0725.